The minimum Gasteiger partial charge on any atom is -0.261 e. The molecular formula is C19H19BrFN3S. The molecule has 0 spiro atoms. The van der Waals surface area contributed by atoms with Gasteiger partial charge in [-0.05, 0) is 37.1 Å². The summed E-state index contributed by atoms with van der Waals surface area (Å²) in [4.78, 5) is 4.96. The van der Waals surface area contributed by atoms with E-state index in [1.165, 1.54) is 23.0 Å². The van der Waals surface area contributed by atoms with Crippen LogP contribution in [0.2, 0.25) is 0 Å². The van der Waals surface area contributed by atoms with Crippen molar-refractivity contribution in [3.63, 3.8) is 0 Å². The molecule has 3 nitrogen and oxygen atoms in total. The van der Waals surface area contributed by atoms with Gasteiger partial charge < -0.3 is 0 Å². The van der Waals surface area contributed by atoms with Crippen LogP contribution in [0.15, 0.2) is 57.9 Å². The zero-order valence-corrected chi connectivity index (χ0v) is 16.8. The molecule has 0 atom stereocenters. The summed E-state index contributed by atoms with van der Waals surface area (Å²) in [7, 11) is 1.71. The Morgan fingerprint density at radius 2 is 1.88 bits per heavy atom. The molecule has 0 radical (unpaired) electrons. The number of hydrogen-bond acceptors (Lipinski definition) is 3. The van der Waals surface area contributed by atoms with Crippen LogP contribution < -0.4 is 4.80 Å². The summed E-state index contributed by atoms with van der Waals surface area (Å²) in [5.41, 5.74) is 4.56. The van der Waals surface area contributed by atoms with Crippen molar-refractivity contribution in [1.29, 1.82) is 0 Å². The fraction of sp³-hybridized carbons (Fsp3) is 0.158. The normalized spacial score (nSPS) is 11.8. The van der Waals surface area contributed by atoms with Gasteiger partial charge in [0.2, 0.25) is 4.80 Å². The molecule has 1 aromatic heterocycles. The van der Waals surface area contributed by atoms with Gasteiger partial charge in [-0.1, -0.05) is 35.9 Å². The Morgan fingerprint density at radius 3 is 2.60 bits per heavy atom. The van der Waals surface area contributed by atoms with Crippen LogP contribution in [0.3, 0.4) is 0 Å². The van der Waals surface area contributed by atoms with Crippen LogP contribution in [0.5, 0.6) is 0 Å². The van der Waals surface area contributed by atoms with E-state index in [1.54, 1.807) is 30.1 Å². The predicted molar refractivity (Wildman–Crippen MR) is 108 cm³/mol. The molecule has 0 unspecified atom stereocenters. The first-order valence-electron chi connectivity index (χ1n) is 7.60. The first-order valence-corrected chi connectivity index (χ1v) is 8.48. The number of aromatic nitrogens is 1. The molecule has 0 N–H and O–H groups in total. The molecule has 0 bridgehead atoms. The van der Waals surface area contributed by atoms with E-state index in [-0.39, 0.29) is 22.8 Å². The fourth-order valence-electron chi connectivity index (χ4n) is 2.44. The van der Waals surface area contributed by atoms with E-state index in [0.29, 0.717) is 11.3 Å². The van der Waals surface area contributed by atoms with Crippen LogP contribution in [-0.2, 0) is 0 Å². The minimum atomic E-state index is -0.270. The van der Waals surface area contributed by atoms with Gasteiger partial charge in [0.05, 0.1) is 11.9 Å². The van der Waals surface area contributed by atoms with Gasteiger partial charge in [0.1, 0.15) is 5.82 Å². The van der Waals surface area contributed by atoms with E-state index < -0.39 is 0 Å². The Kier molecular flexibility index (Phi) is 6.45. The molecule has 0 aliphatic carbocycles. The maximum absolute atomic E-state index is 14.2. The largest absolute Gasteiger partial charge is 0.261 e. The van der Waals surface area contributed by atoms with Crippen LogP contribution >= 0.6 is 28.3 Å². The zero-order chi connectivity index (χ0) is 17.1. The average Bonchev–Trinajstić information content (AvgIpc) is 2.99. The molecule has 0 fully saturated rings. The Balaban J connectivity index is 0.00000225. The molecule has 3 aromatic rings. The second-order valence-electron chi connectivity index (χ2n) is 5.52. The molecule has 25 heavy (non-hydrogen) atoms. The van der Waals surface area contributed by atoms with Crippen molar-refractivity contribution < 1.29 is 4.39 Å². The van der Waals surface area contributed by atoms with Gasteiger partial charge in [-0.15, -0.1) is 28.3 Å². The minimum absolute atomic E-state index is 0. The highest BCUT2D eigenvalue weighted by Gasteiger charge is 2.11. The first kappa shape index (κ1) is 19.3. The standard InChI is InChI=1S/C19H18FN3S.BrH/c1-13-8-9-14(2)15(10-13)11-22-23-18(12-24-19(23)21-3)16-6-4-5-7-17(16)20;/h4-12H,1-3H3;1H/b21-19?,22-11+;. The smallest absolute Gasteiger partial charge is 0.205 e. The Morgan fingerprint density at radius 1 is 1.12 bits per heavy atom. The highest BCUT2D eigenvalue weighted by atomic mass is 79.9. The summed E-state index contributed by atoms with van der Waals surface area (Å²) in [6, 6.07) is 12.9. The van der Waals surface area contributed by atoms with Crippen LogP contribution in [-0.4, -0.2) is 17.9 Å². The Hall–Kier alpha value is -2.05. The average molecular weight is 420 g/mol. The summed E-state index contributed by atoms with van der Waals surface area (Å²) >= 11 is 1.44. The lowest BCUT2D eigenvalue weighted by molar-refractivity contribution is 0.629. The van der Waals surface area contributed by atoms with Gasteiger partial charge in [-0.2, -0.15) is 5.10 Å². The lowest BCUT2D eigenvalue weighted by Crippen LogP contribution is -2.12. The lowest BCUT2D eigenvalue weighted by Gasteiger charge is -2.05. The third-order valence-electron chi connectivity index (χ3n) is 3.77. The predicted octanol–water partition coefficient (Wildman–Crippen LogP) is 4.96. The van der Waals surface area contributed by atoms with Gasteiger partial charge in [-0.3, -0.25) is 4.99 Å². The van der Waals surface area contributed by atoms with Crippen molar-refractivity contribution in [3.05, 3.63) is 75.2 Å². The van der Waals surface area contributed by atoms with E-state index in [4.69, 9.17) is 0 Å². The third kappa shape index (κ3) is 4.14. The van der Waals surface area contributed by atoms with E-state index in [1.807, 2.05) is 25.3 Å². The van der Waals surface area contributed by atoms with Crippen LogP contribution in [0, 0.1) is 19.7 Å². The summed E-state index contributed by atoms with van der Waals surface area (Å²) in [6.07, 6.45) is 1.80. The first-order chi connectivity index (χ1) is 11.6. The number of nitrogens with zero attached hydrogens (tertiary/aromatic N) is 3. The number of thiazole rings is 1. The van der Waals surface area contributed by atoms with E-state index >= 15 is 0 Å². The van der Waals surface area contributed by atoms with E-state index in [2.05, 4.69) is 28.3 Å². The van der Waals surface area contributed by atoms with Crippen molar-refractivity contribution in [1.82, 2.24) is 4.68 Å². The monoisotopic (exact) mass is 419 g/mol. The fourth-order valence-corrected chi connectivity index (χ4v) is 3.23. The SMILES string of the molecule is Br.CN=c1scc(-c2ccccc2F)n1/N=C/c1cc(C)ccc1C. The van der Waals surface area contributed by atoms with Crippen molar-refractivity contribution in [2.45, 2.75) is 13.8 Å². The molecule has 0 aliphatic heterocycles. The molecule has 6 heteroatoms. The number of halogens is 2. The molecule has 0 saturated heterocycles. The van der Waals surface area contributed by atoms with Gasteiger partial charge >= 0.3 is 0 Å². The molecule has 3 rings (SSSR count). The third-order valence-corrected chi connectivity index (χ3v) is 4.68. The molecule has 130 valence electrons. The zero-order valence-electron chi connectivity index (χ0n) is 14.2. The van der Waals surface area contributed by atoms with E-state index in [9.17, 15) is 4.39 Å². The second kappa shape index (κ2) is 8.36. The number of benzene rings is 2. The van der Waals surface area contributed by atoms with Crippen molar-refractivity contribution in [2.24, 2.45) is 10.1 Å². The second-order valence-corrected chi connectivity index (χ2v) is 6.36. The highest BCUT2D eigenvalue weighted by molar-refractivity contribution is 8.93. The molecule has 2 aromatic carbocycles. The Labute approximate surface area is 161 Å². The summed E-state index contributed by atoms with van der Waals surface area (Å²) < 4.78 is 15.8. The van der Waals surface area contributed by atoms with Gasteiger partial charge in [0.15, 0.2) is 0 Å². The maximum Gasteiger partial charge on any atom is 0.205 e. The number of rotatable bonds is 3. The van der Waals surface area contributed by atoms with Crippen LogP contribution in [0.4, 0.5) is 4.39 Å². The van der Waals surface area contributed by atoms with Crippen molar-refractivity contribution >= 4 is 34.5 Å². The van der Waals surface area contributed by atoms with Gasteiger partial charge in [0.25, 0.3) is 0 Å². The number of hydrogen-bond donors (Lipinski definition) is 0. The van der Waals surface area contributed by atoms with Crippen molar-refractivity contribution in [2.75, 3.05) is 7.05 Å². The molecule has 0 aliphatic rings. The van der Waals surface area contributed by atoms with Crippen molar-refractivity contribution in [3.8, 4) is 11.3 Å². The lowest BCUT2D eigenvalue weighted by atomic mass is 10.1. The molecular weight excluding hydrogens is 401 g/mol. The molecule has 0 saturated carbocycles. The summed E-state index contributed by atoms with van der Waals surface area (Å²) in [5.74, 6) is -0.270. The van der Waals surface area contributed by atoms with Gasteiger partial charge in [0, 0.05) is 18.0 Å². The Bertz CT molecular complexity index is 973. The molecule has 1 heterocycles. The number of aryl methyl sites for hydroxylation is 2. The van der Waals surface area contributed by atoms with E-state index in [0.717, 1.165) is 15.9 Å². The summed E-state index contributed by atoms with van der Waals surface area (Å²) in [6.45, 7) is 4.09. The topological polar surface area (TPSA) is 29.6 Å². The maximum atomic E-state index is 14.2. The van der Waals surface area contributed by atoms with Gasteiger partial charge in [-0.25, -0.2) is 9.07 Å². The summed E-state index contributed by atoms with van der Waals surface area (Å²) in [5, 5.41) is 6.44. The van der Waals surface area contributed by atoms with Crippen LogP contribution in [0.1, 0.15) is 16.7 Å². The highest BCUT2D eigenvalue weighted by Crippen LogP contribution is 2.23. The quantitative estimate of drug-likeness (QED) is 0.536. The van der Waals surface area contributed by atoms with Crippen LogP contribution in [0.25, 0.3) is 11.3 Å². The molecule has 0 amide bonds.